The average Bonchev–Trinajstić information content (AvgIpc) is 2.79. The number of benzene rings is 1. The van der Waals surface area contributed by atoms with E-state index < -0.39 is 11.0 Å². The van der Waals surface area contributed by atoms with Gasteiger partial charge in [-0.25, -0.2) is 10.8 Å². The Hall–Kier alpha value is -2.48. The predicted molar refractivity (Wildman–Crippen MR) is 63.4 cm³/mol. The smallest absolute Gasteiger partial charge is 0.271 e. The molecule has 0 fully saturated rings. The molecule has 1 amide bonds. The molecule has 0 bridgehead atoms. The van der Waals surface area contributed by atoms with Gasteiger partial charge in [-0.2, -0.15) is 0 Å². The summed E-state index contributed by atoms with van der Waals surface area (Å²) < 4.78 is 1.60. The number of amides is 1. The van der Waals surface area contributed by atoms with Crippen LogP contribution >= 0.6 is 0 Å². The van der Waals surface area contributed by atoms with Crippen LogP contribution in [0.15, 0.2) is 24.5 Å². The highest BCUT2D eigenvalue weighted by atomic mass is 16.6. The second-order valence-electron chi connectivity index (χ2n) is 3.77. The Morgan fingerprint density at radius 3 is 2.94 bits per heavy atom. The van der Waals surface area contributed by atoms with Crippen LogP contribution in [0.4, 0.5) is 5.69 Å². The molecule has 3 N–H and O–H groups in total. The van der Waals surface area contributed by atoms with E-state index in [0.29, 0.717) is 11.0 Å². The number of non-ortho nitro benzene ring substituents is 1. The third kappa shape index (κ3) is 1.89. The molecular weight excluding hydrogens is 238 g/mol. The van der Waals surface area contributed by atoms with Crippen molar-refractivity contribution in [3.63, 3.8) is 0 Å². The number of carbonyl (C=O) groups excluding carboxylic acids is 1. The Morgan fingerprint density at radius 2 is 2.33 bits per heavy atom. The Bertz CT molecular complexity index is 621. The molecule has 0 saturated heterocycles. The van der Waals surface area contributed by atoms with Gasteiger partial charge in [0.2, 0.25) is 0 Å². The third-order valence-electron chi connectivity index (χ3n) is 2.71. The molecule has 0 radical (unpaired) electrons. The number of hydrogen-bond acceptors (Lipinski definition) is 5. The van der Waals surface area contributed by atoms with Gasteiger partial charge in [0.15, 0.2) is 0 Å². The molecule has 0 saturated carbocycles. The molecule has 0 aliphatic carbocycles. The van der Waals surface area contributed by atoms with Crippen LogP contribution in [-0.4, -0.2) is 20.4 Å². The van der Waals surface area contributed by atoms with Gasteiger partial charge < -0.3 is 4.57 Å². The van der Waals surface area contributed by atoms with Gasteiger partial charge in [0.05, 0.1) is 22.3 Å². The van der Waals surface area contributed by atoms with E-state index in [1.165, 1.54) is 18.5 Å². The SMILES string of the molecule is C[C@H](C(=O)NN)n1cnc2cc([N+](=O)[O-])ccc21. The van der Waals surface area contributed by atoms with Gasteiger partial charge in [-0.15, -0.1) is 0 Å². The molecule has 2 rings (SSSR count). The molecule has 0 unspecified atom stereocenters. The molecule has 8 heteroatoms. The molecule has 0 aliphatic rings. The highest BCUT2D eigenvalue weighted by molar-refractivity contribution is 5.84. The van der Waals surface area contributed by atoms with E-state index in [4.69, 9.17) is 5.84 Å². The number of nitrogens with two attached hydrogens (primary N) is 1. The van der Waals surface area contributed by atoms with E-state index in [2.05, 4.69) is 10.4 Å². The lowest BCUT2D eigenvalue weighted by molar-refractivity contribution is -0.384. The highest BCUT2D eigenvalue weighted by Gasteiger charge is 2.17. The first-order valence-corrected chi connectivity index (χ1v) is 5.16. The fraction of sp³-hybridized carbons (Fsp3) is 0.200. The van der Waals surface area contributed by atoms with Crippen molar-refractivity contribution in [3.05, 3.63) is 34.6 Å². The maximum atomic E-state index is 11.4. The summed E-state index contributed by atoms with van der Waals surface area (Å²) in [6.45, 7) is 1.66. The van der Waals surface area contributed by atoms with Crippen LogP contribution in [0.2, 0.25) is 0 Å². The van der Waals surface area contributed by atoms with Crippen molar-refractivity contribution in [2.75, 3.05) is 0 Å². The van der Waals surface area contributed by atoms with Crippen LogP contribution < -0.4 is 11.3 Å². The lowest BCUT2D eigenvalue weighted by Gasteiger charge is -2.11. The minimum absolute atomic E-state index is 0.0383. The van der Waals surface area contributed by atoms with Gasteiger partial charge >= 0.3 is 0 Å². The van der Waals surface area contributed by atoms with Crippen molar-refractivity contribution in [2.45, 2.75) is 13.0 Å². The maximum absolute atomic E-state index is 11.4. The zero-order valence-electron chi connectivity index (χ0n) is 9.53. The van der Waals surface area contributed by atoms with Crippen LogP contribution in [0.1, 0.15) is 13.0 Å². The molecule has 1 aromatic heterocycles. The molecule has 8 nitrogen and oxygen atoms in total. The summed E-state index contributed by atoms with van der Waals surface area (Å²) in [5.74, 6) is 4.70. The summed E-state index contributed by atoms with van der Waals surface area (Å²) in [5.41, 5.74) is 3.11. The van der Waals surface area contributed by atoms with Gasteiger partial charge in [0.25, 0.3) is 11.6 Å². The van der Waals surface area contributed by atoms with E-state index in [-0.39, 0.29) is 11.6 Å². The van der Waals surface area contributed by atoms with Crippen molar-refractivity contribution in [1.29, 1.82) is 0 Å². The zero-order valence-corrected chi connectivity index (χ0v) is 9.53. The number of hydrogen-bond donors (Lipinski definition) is 2. The highest BCUT2D eigenvalue weighted by Crippen LogP contribution is 2.22. The van der Waals surface area contributed by atoms with Crippen LogP contribution in [0.25, 0.3) is 11.0 Å². The first-order valence-electron chi connectivity index (χ1n) is 5.16. The van der Waals surface area contributed by atoms with E-state index in [9.17, 15) is 14.9 Å². The molecule has 0 aliphatic heterocycles. The number of hydrazine groups is 1. The predicted octanol–water partition coefficient (Wildman–Crippen LogP) is 0.495. The van der Waals surface area contributed by atoms with E-state index >= 15 is 0 Å². The van der Waals surface area contributed by atoms with Crippen molar-refractivity contribution in [1.82, 2.24) is 15.0 Å². The molecule has 1 aromatic carbocycles. The van der Waals surface area contributed by atoms with E-state index in [1.807, 2.05) is 0 Å². The minimum Gasteiger partial charge on any atom is -0.318 e. The first-order chi connectivity index (χ1) is 8.54. The summed E-state index contributed by atoms with van der Waals surface area (Å²) in [7, 11) is 0. The largest absolute Gasteiger partial charge is 0.318 e. The topological polar surface area (TPSA) is 116 Å². The Morgan fingerprint density at radius 1 is 1.61 bits per heavy atom. The molecule has 0 spiro atoms. The van der Waals surface area contributed by atoms with Gasteiger partial charge in [-0.05, 0) is 13.0 Å². The fourth-order valence-corrected chi connectivity index (χ4v) is 1.69. The second kappa shape index (κ2) is 4.41. The van der Waals surface area contributed by atoms with Crippen LogP contribution in [0.3, 0.4) is 0 Å². The van der Waals surface area contributed by atoms with Crippen LogP contribution in [0.5, 0.6) is 0 Å². The number of imidazole rings is 1. The molecule has 18 heavy (non-hydrogen) atoms. The lowest BCUT2D eigenvalue weighted by atomic mass is 10.2. The Balaban J connectivity index is 2.49. The number of nitrogens with one attached hydrogen (secondary N) is 1. The Labute approximate surface area is 102 Å². The van der Waals surface area contributed by atoms with Crippen molar-refractivity contribution in [2.24, 2.45) is 5.84 Å². The summed E-state index contributed by atoms with van der Waals surface area (Å²) in [5, 5.41) is 10.6. The van der Waals surface area contributed by atoms with E-state index in [1.54, 1.807) is 17.6 Å². The number of carbonyl (C=O) groups is 1. The van der Waals surface area contributed by atoms with Crippen molar-refractivity contribution >= 4 is 22.6 Å². The monoisotopic (exact) mass is 249 g/mol. The van der Waals surface area contributed by atoms with Gasteiger partial charge in [0, 0.05) is 12.1 Å². The number of nitro groups is 1. The summed E-state index contributed by atoms with van der Waals surface area (Å²) in [6.07, 6.45) is 1.45. The summed E-state index contributed by atoms with van der Waals surface area (Å²) in [6, 6.07) is 3.74. The molecule has 2 aromatic rings. The average molecular weight is 249 g/mol. The van der Waals surface area contributed by atoms with Gasteiger partial charge in [-0.1, -0.05) is 0 Å². The number of nitrogens with zero attached hydrogens (tertiary/aromatic N) is 3. The third-order valence-corrected chi connectivity index (χ3v) is 2.71. The fourth-order valence-electron chi connectivity index (χ4n) is 1.69. The van der Waals surface area contributed by atoms with E-state index in [0.717, 1.165) is 0 Å². The lowest BCUT2D eigenvalue weighted by Crippen LogP contribution is -2.35. The quantitative estimate of drug-likeness (QED) is 0.355. The first kappa shape index (κ1) is 12.0. The molecule has 94 valence electrons. The minimum atomic E-state index is -0.540. The normalized spacial score (nSPS) is 12.3. The zero-order chi connectivity index (χ0) is 13.3. The van der Waals surface area contributed by atoms with Crippen molar-refractivity contribution < 1.29 is 9.72 Å². The van der Waals surface area contributed by atoms with Crippen molar-refractivity contribution in [3.8, 4) is 0 Å². The standard InChI is InChI=1S/C10H11N5O3/c1-6(10(16)13-11)14-5-12-8-4-7(15(17)18)2-3-9(8)14/h2-6H,11H2,1H3,(H,13,16)/t6-/m1/s1. The number of nitro benzene ring substituents is 1. The molecule has 1 heterocycles. The molecule has 1 atom stereocenters. The van der Waals surface area contributed by atoms with Gasteiger partial charge in [0.1, 0.15) is 6.04 Å². The second-order valence-corrected chi connectivity index (χ2v) is 3.77. The van der Waals surface area contributed by atoms with Crippen LogP contribution in [0, 0.1) is 10.1 Å². The summed E-state index contributed by atoms with van der Waals surface area (Å²) in [4.78, 5) is 25.6. The molecular formula is C10H11N5O3. The maximum Gasteiger partial charge on any atom is 0.271 e. The summed E-state index contributed by atoms with van der Waals surface area (Å²) >= 11 is 0. The number of aromatic nitrogens is 2. The van der Waals surface area contributed by atoms with Crippen LogP contribution in [-0.2, 0) is 4.79 Å². The number of fused-ring (bicyclic) bond motifs is 1. The van der Waals surface area contributed by atoms with Gasteiger partial charge in [-0.3, -0.25) is 20.3 Å². The Kier molecular flexibility index (Phi) is 2.94. The number of rotatable bonds is 3.